The predicted molar refractivity (Wildman–Crippen MR) is 131 cm³/mol. The lowest BCUT2D eigenvalue weighted by atomic mass is 10.1. The van der Waals surface area contributed by atoms with Crippen LogP contribution in [0.5, 0.6) is 0 Å². The number of nitrogens with one attached hydrogen (secondary N) is 2. The Bertz CT molecular complexity index is 1390. The van der Waals surface area contributed by atoms with Crippen LogP contribution < -0.4 is 15.9 Å². The molecule has 0 radical (unpaired) electrons. The molecule has 0 spiro atoms. The van der Waals surface area contributed by atoms with Gasteiger partial charge in [0.2, 0.25) is 7.44 Å². The van der Waals surface area contributed by atoms with Crippen molar-refractivity contribution in [1.29, 1.82) is 5.26 Å². The van der Waals surface area contributed by atoms with E-state index in [0.29, 0.717) is 11.2 Å². The van der Waals surface area contributed by atoms with E-state index in [2.05, 4.69) is 25.1 Å². The Morgan fingerprint density at radius 2 is 1.92 bits per heavy atom. The van der Waals surface area contributed by atoms with Crippen LogP contribution in [-0.2, 0) is 20.6 Å². The minimum atomic E-state index is -4.92. The second-order valence-electron chi connectivity index (χ2n) is 9.05. The number of carboxylic acid groups (broad SMARTS) is 1. The van der Waals surface area contributed by atoms with Crippen LogP contribution in [0.25, 0.3) is 11.2 Å². The minimum Gasteiger partial charge on any atom is -0.480 e. The third kappa shape index (κ3) is 6.84. The highest BCUT2D eigenvalue weighted by Crippen LogP contribution is 2.46. The molecule has 0 saturated carbocycles. The molecule has 0 aliphatic heterocycles. The molecule has 0 aliphatic carbocycles. The molecule has 2 aromatic heterocycles. The highest BCUT2D eigenvalue weighted by molar-refractivity contribution is 7.59. The Kier molecular flexibility index (Phi) is 8.42. The molecule has 1 unspecified atom stereocenters. The number of nitriles is 1. The summed E-state index contributed by atoms with van der Waals surface area (Å²) in [5, 5.41) is 22.9. The van der Waals surface area contributed by atoms with E-state index in [1.807, 2.05) is 6.07 Å². The largest absolute Gasteiger partial charge is 0.480 e. The molecule has 0 aliphatic rings. The molecule has 0 saturated heterocycles. The van der Waals surface area contributed by atoms with Gasteiger partial charge in [-0.2, -0.15) is 18.4 Å². The summed E-state index contributed by atoms with van der Waals surface area (Å²) in [4.78, 5) is 23.8. The van der Waals surface area contributed by atoms with Crippen molar-refractivity contribution < 1.29 is 32.4 Å². The highest BCUT2D eigenvalue weighted by Gasteiger charge is 2.46. The summed E-state index contributed by atoms with van der Waals surface area (Å²) < 4.78 is 63.3. The first-order valence-corrected chi connectivity index (χ1v) is 13.0. The number of ether oxygens (including phenoxy) is 1. The first-order chi connectivity index (χ1) is 17.6. The number of nitrogens with zero attached hydrogens (tertiary/aromatic N) is 5. The van der Waals surface area contributed by atoms with Crippen LogP contribution in [0.15, 0.2) is 36.9 Å². The van der Waals surface area contributed by atoms with Gasteiger partial charge in [0, 0.05) is 0 Å². The Hall–Kier alpha value is -3.57. The van der Waals surface area contributed by atoms with Crippen LogP contribution in [0.1, 0.15) is 37.9 Å². The zero-order valence-corrected chi connectivity index (χ0v) is 21.5. The van der Waals surface area contributed by atoms with E-state index >= 15 is 0 Å². The quantitative estimate of drug-likeness (QED) is 0.256. The van der Waals surface area contributed by atoms with Crippen LogP contribution in [0.4, 0.5) is 19.0 Å². The molecule has 0 fully saturated rings. The van der Waals surface area contributed by atoms with Gasteiger partial charge in [0.1, 0.15) is 29.8 Å². The maximum atomic E-state index is 14.1. The number of nitrogen functional groups attached to an aromatic ring is 1. The maximum absolute atomic E-state index is 14.1. The third-order valence-corrected chi connectivity index (χ3v) is 7.57. The Balaban J connectivity index is 1.86. The van der Waals surface area contributed by atoms with Crippen LogP contribution in [0.2, 0.25) is 0 Å². The van der Waals surface area contributed by atoms with E-state index in [0.717, 1.165) is 12.1 Å². The van der Waals surface area contributed by atoms with E-state index in [1.54, 1.807) is 11.5 Å². The van der Waals surface area contributed by atoms with Gasteiger partial charge in [0.05, 0.1) is 30.6 Å². The van der Waals surface area contributed by atoms with Gasteiger partial charge in [-0.1, -0.05) is 12.1 Å². The normalized spacial score (nSPS) is 15.5. The van der Waals surface area contributed by atoms with Crippen molar-refractivity contribution in [3.05, 3.63) is 48.0 Å². The molecule has 16 heteroatoms. The van der Waals surface area contributed by atoms with Crippen molar-refractivity contribution in [3.63, 3.8) is 0 Å². The molecular weight excluding hydrogens is 528 g/mol. The van der Waals surface area contributed by atoms with Gasteiger partial charge in [-0.3, -0.25) is 9.36 Å². The molecule has 2 heterocycles. The van der Waals surface area contributed by atoms with Crippen LogP contribution >= 0.6 is 7.44 Å². The number of hydrogen-bond acceptors (Lipinski definition) is 8. The number of anilines is 1. The van der Waals surface area contributed by atoms with Gasteiger partial charge in [-0.25, -0.2) is 25.1 Å². The Morgan fingerprint density at radius 3 is 2.50 bits per heavy atom. The maximum Gasteiger partial charge on any atom is 0.408 e. The molecular formula is C22H26F3N8O4P. The average molecular weight is 554 g/mol. The average Bonchev–Trinajstić information content (AvgIpc) is 3.24. The van der Waals surface area contributed by atoms with Crippen molar-refractivity contribution in [2.75, 3.05) is 12.1 Å². The van der Waals surface area contributed by atoms with E-state index in [9.17, 15) is 27.6 Å². The fourth-order valence-corrected chi connectivity index (χ4v) is 5.87. The van der Waals surface area contributed by atoms with Gasteiger partial charge < -0.3 is 20.1 Å². The van der Waals surface area contributed by atoms with Gasteiger partial charge in [0.15, 0.2) is 11.5 Å². The first kappa shape index (κ1) is 29.0. The van der Waals surface area contributed by atoms with E-state index in [4.69, 9.17) is 15.7 Å². The summed E-state index contributed by atoms with van der Waals surface area (Å²) in [6.07, 6.45) is -3.73. The van der Waals surface area contributed by atoms with Crippen molar-refractivity contribution in [2.24, 2.45) is 0 Å². The molecule has 12 nitrogen and oxygen atoms in total. The number of fused-ring (bicyclic) bond motifs is 1. The number of nitrogens with two attached hydrogens (primary N) is 1. The summed E-state index contributed by atoms with van der Waals surface area (Å²) in [6.45, 7) is 4.04. The summed E-state index contributed by atoms with van der Waals surface area (Å²) in [5.74, 6) is -1.27. The fourth-order valence-electron chi connectivity index (χ4n) is 3.49. The summed E-state index contributed by atoms with van der Waals surface area (Å²) in [6, 6.07) is 3.91. The molecule has 0 bridgehead atoms. The second kappa shape index (κ2) is 11.0. The zero-order valence-electron chi connectivity index (χ0n) is 20.6. The topological polar surface area (TPSA) is 181 Å². The second-order valence-corrected chi connectivity index (χ2v) is 11.3. The van der Waals surface area contributed by atoms with Crippen LogP contribution in [0.3, 0.4) is 0 Å². The lowest BCUT2D eigenvalue weighted by Gasteiger charge is -2.33. The standard InChI is InChI=1S/C22H26F3N8O4P/c1-13(9-33-11-30-16-18(27)28-10-29-19(16)33)37-12-38(36,32-21(2,3)20(34)35)31-17(22(23,24)25)15-6-4-14(8-26)5-7-15/h4-7,10-11,13,17H,9,12H2,1-3H3,(H,34,35)(H2,27,28,29)(H2,31,32,36)/t13-,17-,38?/m1/s1. The lowest BCUT2D eigenvalue weighted by Crippen LogP contribution is -2.49. The summed E-state index contributed by atoms with van der Waals surface area (Å²) in [7, 11) is -4.39. The van der Waals surface area contributed by atoms with Crippen molar-refractivity contribution >= 4 is 30.4 Å². The number of benzene rings is 1. The number of hydrogen-bond donors (Lipinski definition) is 4. The van der Waals surface area contributed by atoms with Crippen molar-refractivity contribution in [3.8, 4) is 6.07 Å². The monoisotopic (exact) mass is 554 g/mol. The number of alkyl halides is 3. The number of aromatic nitrogens is 4. The molecule has 3 atom stereocenters. The molecule has 3 rings (SSSR count). The zero-order chi connectivity index (χ0) is 28.3. The molecule has 38 heavy (non-hydrogen) atoms. The van der Waals surface area contributed by atoms with Gasteiger partial charge >= 0.3 is 12.1 Å². The predicted octanol–water partition coefficient (Wildman–Crippen LogP) is 3.18. The number of halogens is 3. The first-order valence-electron chi connectivity index (χ1n) is 11.1. The molecule has 3 aromatic rings. The smallest absolute Gasteiger partial charge is 0.408 e. The van der Waals surface area contributed by atoms with Gasteiger partial charge in [0.25, 0.3) is 0 Å². The highest BCUT2D eigenvalue weighted by atomic mass is 31.2. The number of carboxylic acids is 1. The van der Waals surface area contributed by atoms with Crippen molar-refractivity contribution in [2.45, 2.75) is 51.2 Å². The third-order valence-electron chi connectivity index (χ3n) is 5.46. The Labute approximate surface area is 215 Å². The van der Waals surface area contributed by atoms with Gasteiger partial charge in [-0.05, 0) is 38.5 Å². The van der Waals surface area contributed by atoms with Crippen LogP contribution in [-0.4, -0.2) is 54.8 Å². The summed E-state index contributed by atoms with van der Waals surface area (Å²) >= 11 is 0. The minimum absolute atomic E-state index is 0.119. The summed E-state index contributed by atoms with van der Waals surface area (Å²) in [5.41, 5.74) is 4.48. The van der Waals surface area contributed by atoms with E-state index in [-0.39, 0.29) is 23.5 Å². The van der Waals surface area contributed by atoms with Gasteiger partial charge in [-0.15, -0.1) is 0 Å². The molecule has 0 amide bonds. The number of imidazole rings is 1. The number of carbonyl (C=O) groups is 1. The molecule has 5 N–H and O–H groups in total. The molecule has 204 valence electrons. The van der Waals surface area contributed by atoms with E-state index in [1.165, 1.54) is 38.6 Å². The Morgan fingerprint density at radius 1 is 1.26 bits per heavy atom. The van der Waals surface area contributed by atoms with Crippen LogP contribution in [0, 0.1) is 11.3 Å². The number of aliphatic carboxylic acids is 1. The molecule has 1 aromatic carbocycles. The number of rotatable bonds is 11. The fraction of sp³-hybridized carbons (Fsp3) is 0.409. The van der Waals surface area contributed by atoms with Crippen molar-refractivity contribution in [1.82, 2.24) is 29.7 Å². The SMILES string of the molecule is C[C@H](Cn1cnc2c(N)ncnc21)OCP(=O)(N[C@H](c1ccc(C#N)cc1)C(F)(F)F)NC(C)(C)C(=O)O. The lowest BCUT2D eigenvalue weighted by molar-refractivity contribution is -0.153. The van der Waals surface area contributed by atoms with E-state index < -0.39 is 43.6 Å².